The van der Waals surface area contributed by atoms with E-state index in [2.05, 4.69) is 23.1 Å². The zero-order valence-electron chi connectivity index (χ0n) is 18.4. The van der Waals surface area contributed by atoms with Gasteiger partial charge in [0.1, 0.15) is 5.54 Å². The number of aryl methyl sites for hydroxylation is 1. The minimum Gasteiger partial charge on any atom is -0.383 e. The highest BCUT2D eigenvalue weighted by Gasteiger charge is 2.57. The number of pyridine rings is 1. The maximum absolute atomic E-state index is 13.5. The SMILES string of the molecule is COCCN1C(=O)N(CCCc2cccnc2)C(=O)C12CCN([C@@H](C)CSC)CC2. The second-order valence-corrected chi connectivity index (χ2v) is 9.13. The van der Waals surface area contributed by atoms with Crippen LogP contribution in [0.15, 0.2) is 24.5 Å². The van der Waals surface area contributed by atoms with Crippen LogP contribution >= 0.6 is 11.8 Å². The number of aromatic nitrogens is 1. The van der Waals surface area contributed by atoms with E-state index < -0.39 is 5.54 Å². The van der Waals surface area contributed by atoms with E-state index >= 15 is 0 Å². The monoisotopic (exact) mass is 434 g/mol. The standard InChI is InChI=1S/C22H34N4O3S/c1-18(17-30-3)24-12-8-22(9-13-24)20(27)25(21(28)26(22)14-15-29-2)11-5-7-19-6-4-10-23-16-19/h4,6,10,16,18H,5,7-9,11-15,17H2,1-3H3/t18-/m0/s1. The largest absolute Gasteiger partial charge is 0.383 e. The molecule has 0 aromatic carbocycles. The number of piperidine rings is 1. The Morgan fingerprint density at radius 3 is 2.67 bits per heavy atom. The second kappa shape index (κ2) is 10.6. The molecule has 1 aromatic rings. The van der Waals surface area contributed by atoms with E-state index in [1.807, 2.05) is 30.1 Å². The third-order valence-corrected chi connectivity index (χ3v) is 7.18. The van der Waals surface area contributed by atoms with Gasteiger partial charge < -0.3 is 9.64 Å². The van der Waals surface area contributed by atoms with Crippen LogP contribution in [0.3, 0.4) is 0 Å². The summed E-state index contributed by atoms with van der Waals surface area (Å²) < 4.78 is 5.24. The fraction of sp³-hybridized carbons (Fsp3) is 0.682. The molecule has 1 spiro atoms. The van der Waals surface area contributed by atoms with E-state index in [1.54, 1.807) is 18.2 Å². The van der Waals surface area contributed by atoms with Gasteiger partial charge in [0.2, 0.25) is 0 Å². The number of ether oxygens (including phenoxy) is 1. The molecule has 0 radical (unpaired) electrons. The molecule has 0 aliphatic carbocycles. The molecule has 2 fully saturated rings. The number of carbonyl (C=O) groups excluding carboxylic acids is 2. The number of amides is 3. The fourth-order valence-electron chi connectivity index (χ4n) is 4.62. The summed E-state index contributed by atoms with van der Waals surface area (Å²) in [6, 6.07) is 4.26. The highest BCUT2D eigenvalue weighted by molar-refractivity contribution is 7.98. The van der Waals surface area contributed by atoms with Crippen LogP contribution in [0.4, 0.5) is 4.79 Å². The number of urea groups is 1. The first-order valence-electron chi connectivity index (χ1n) is 10.8. The number of rotatable bonds is 10. The van der Waals surface area contributed by atoms with E-state index in [1.165, 1.54) is 4.90 Å². The Labute approximate surface area is 184 Å². The molecule has 2 saturated heterocycles. The van der Waals surface area contributed by atoms with Crippen molar-refractivity contribution in [1.82, 2.24) is 19.7 Å². The number of imide groups is 1. The van der Waals surface area contributed by atoms with E-state index in [4.69, 9.17) is 4.74 Å². The normalized spacial score (nSPS) is 20.4. The molecule has 0 bridgehead atoms. The molecule has 0 N–H and O–H groups in total. The van der Waals surface area contributed by atoms with Crippen molar-refractivity contribution >= 4 is 23.7 Å². The van der Waals surface area contributed by atoms with Crippen molar-refractivity contribution in [3.05, 3.63) is 30.1 Å². The number of nitrogens with zero attached hydrogens (tertiary/aromatic N) is 4. The van der Waals surface area contributed by atoms with Crippen molar-refractivity contribution in [1.29, 1.82) is 0 Å². The molecule has 3 rings (SSSR count). The van der Waals surface area contributed by atoms with Crippen LogP contribution in [-0.2, 0) is 16.0 Å². The maximum Gasteiger partial charge on any atom is 0.327 e. The van der Waals surface area contributed by atoms with Gasteiger partial charge in [-0.25, -0.2) is 4.79 Å². The van der Waals surface area contributed by atoms with Gasteiger partial charge in [-0.3, -0.25) is 19.6 Å². The Balaban J connectivity index is 1.68. The molecule has 0 saturated carbocycles. The van der Waals surface area contributed by atoms with Crippen molar-refractivity contribution in [2.75, 3.05) is 51.9 Å². The van der Waals surface area contributed by atoms with E-state index in [0.29, 0.717) is 38.6 Å². The molecule has 30 heavy (non-hydrogen) atoms. The Kier molecular flexibility index (Phi) is 8.13. The number of carbonyl (C=O) groups is 2. The van der Waals surface area contributed by atoms with E-state index in [0.717, 1.165) is 37.2 Å². The smallest absolute Gasteiger partial charge is 0.327 e. The van der Waals surface area contributed by atoms with Crippen LogP contribution in [0.25, 0.3) is 0 Å². The Hall–Kier alpha value is -1.64. The molecular weight excluding hydrogens is 400 g/mol. The van der Waals surface area contributed by atoms with Gasteiger partial charge in [-0.05, 0) is 50.5 Å². The molecule has 8 heteroatoms. The Bertz CT molecular complexity index is 710. The van der Waals surface area contributed by atoms with Crippen molar-refractivity contribution in [2.45, 2.75) is 44.2 Å². The molecule has 3 amide bonds. The molecule has 7 nitrogen and oxygen atoms in total. The van der Waals surface area contributed by atoms with E-state index in [9.17, 15) is 9.59 Å². The fourth-order valence-corrected chi connectivity index (χ4v) is 5.32. The summed E-state index contributed by atoms with van der Waals surface area (Å²) in [5, 5.41) is 0. The summed E-state index contributed by atoms with van der Waals surface area (Å²) in [6.07, 6.45) is 8.64. The van der Waals surface area contributed by atoms with Gasteiger partial charge in [-0.15, -0.1) is 0 Å². The minimum absolute atomic E-state index is 0.0213. The maximum atomic E-state index is 13.5. The molecule has 1 atom stereocenters. The molecular formula is C22H34N4O3S. The van der Waals surface area contributed by atoms with Crippen molar-refractivity contribution < 1.29 is 14.3 Å². The van der Waals surface area contributed by atoms with E-state index in [-0.39, 0.29) is 11.9 Å². The van der Waals surface area contributed by atoms with Gasteiger partial charge in [-0.2, -0.15) is 11.8 Å². The number of thioether (sulfide) groups is 1. The Morgan fingerprint density at radius 1 is 1.27 bits per heavy atom. The van der Waals surface area contributed by atoms with Gasteiger partial charge in [0.15, 0.2) is 0 Å². The summed E-state index contributed by atoms with van der Waals surface area (Å²) in [6.45, 7) is 5.27. The highest BCUT2D eigenvalue weighted by atomic mass is 32.2. The quantitative estimate of drug-likeness (QED) is 0.527. The number of likely N-dealkylation sites (tertiary alicyclic amines) is 1. The zero-order chi connectivity index (χ0) is 21.6. The third-order valence-electron chi connectivity index (χ3n) is 6.37. The summed E-state index contributed by atoms with van der Waals surface area (Å²) >= 11 is 1.84. The number of hydrogen-bond donors (Lipinski definition) is 0. The van der Waals surface area contributed by atoms with Gasteiger partial charge in [0, 0.05) is 57.5 Å². The van der Waals surface area contributed by atoms with Crippen LogP contribution in [0.2, 0.25) is 0 Å². The number of hydrogen-bond acceptors (Lipinski definition) is 6. The van der Waals surface area contributed by atoms with Gasteiger partial charge >= 0.3 is 6.03 Å². The summed E-state index contributed by atoms with van der Waals surface area (Å²) in [5.41, 5.74) is 0.415. The molecule has 3 heterocycles. The molecule has 166 valence electrons. The third kappa shape index (κ3) is 4.81. The van der Waals surface area contributed by atoms with Crippen molar-refractivity contribution in [3.63, 3.8) is 0 Å². The first-order valence-corrected chi connectivity index (χ1v) is 12.2. The van der Waals surface area contributed by atoms with Crippen LogP contribution in [0.1, 0.15) is 31.7 Å². The summed E-state index contributed by atoms with van der Waals surface area (Å²) in [7, 11) is 1.63. The molecule has 0 unspecified atom stereocenters. The summed E-state index contributed by atoms with van der Waals surface area (Å²) in [4.78, 5) is 36.6. The average molecular weight is 435 g/mol. The topological polar surface area (TPSA) is 66.0 Å². The molecule has 2 aliphatic heterocycles. The lowest BCUT2D eigenvalue weighted by molar-refractivity contribution is -0.136. The van der Waals surface area contributed by atoms with Gasteiger partial charge in [-0.1, -0.05) is 6.07 Å². The van der Waals surface area contributed by atoms with Crippen molar-refractivity contribution in [2.24, 2.45) is 0 Å². The lowest BCUT2D eigenvalue weighted by Gasteiger charge is -2.44. The second-order valence-electron chi connectivity index (χ2n) is 8.22. The van der Waals surface area contributed by atoms with Crippen LogP contribution in [0.5, 0.6) is 0 Å². The lowest BCUT2D eigenvalue weighted by Crippen LogP contribution is -2.58. The minimum atomic E-state index is -0.709. The predicted octanol–water partition coefficient (Wildman–Crippen LogP) is 2.51. The Morgan fingerprint density at radius 2 is 2.03 bits per heavy atom. The first-order chi connectivity index (χ1) is 14.5. The van der Waals surface area contributed by atoms with Crippen LogP contribution in [-0.4, -0.2) is 95.1 Å². The van der Waals surface area contributed by atoms with Crippen molar-refractivity contribution in [3.8, 4) is 0 Å². The first kappa shape index (κ1) is 23.0. The predicted molar refractivity (Wildman–Crippen MR) is 120 cm³/mol. The molecule has 2 aliphatic rings. The van der Waals surface area contributed by atoms with Gasteiger partial charge in [0.05, 0.1) is 6.61 Å². The zero-order valence-corrected chi connectivity index (χ0v) is 19.2. The van der Waals surface area contributed by atoms with Gasteiger partial charge in [0.25, 0.3) is 5.91 Å². The average Bonchev–Trinajstić information content (AvgIpc) is 2.95. The number of methoxy groups -OCH3 is 1. The summed E-state index contributed by atoms with van der Waals surface area (Å²) in [5.74, 6) is 1.06. The van der Waals surface area contributed by atoms with Crippen LogP contribution < -0.4 is 0 Å². The lowest BCUT2D eigenvalue weighted by atomic mass is 9.85. The van der Waals surface area contributed by atoms with Crippen LogP contribution in [0, 0.1) is 0 Å². The highest BCUT2D eigenvalue weighted by Crippen LogP contribution is 2.38. The molecule has 1 aromatic heterocycles.